The van der Waals surface area contributed by atoms with Crippen LogP contribution in [-0.4, -0.2) is 30.9 Å². The summed E-state index contributed by atoms with van der Waals surface area (Å²) in [5.41, 5.74) is 1.65. The monoisotopic (exact) mass is 473 g/mol. The second-order valence-corrected chi connectivity index (χ2v) is 9.65. The minimum atomic E-state index is -0.784. The zero-order valence-electron chi connectivity index (χ0n) is 20.4. The summed E-state index contributed by atoms with van der Waals surface area (Å²) in [5.74, 6) is 0.414. The Morgan fingerprint density at radius 1 is 1.23 bits per heavy atom. The number of carbonyl (C=O) groups excluding carboxylic acids is 2. The van der Waals surface area contributed by atoms with Crippen molar-refractivity contribution in [1.82, 2.24) is 0 Å². The number of rotatable bonds is 5. The first-order valence-electron chi connectivity index (χ1n) is 11.7. The van der Waals surface area contributed by atoms with E-state index in [2.05, 4.69) is 6.92 Å². The second-order valence-electron chi connectivity index (χ2n) is 9.65. The number of para-hydroxylation sites is 1. The fourth-order valence-electron chi connectivity index (χ4n) is 5.37. The van der Waals surface area contributed by atoms with Crippen molar-refractivity contribution in [3.05, 3.63) is 69.6 Å². The van der Waals surface area contributed by atoms with E-state index < -0.39 is 16.9 Å². The van der Waals surface area contributed by atoms with E-state index in [1.54, 1.807) is 29.2 Å². The van der Waals surface area contributed by atoms with Gasteiger partial charge in [0, 0.05) is 16.5 Å². The third-order valence-electron chi connectivity index (χ3n) is 6.80. The smallest absolute Gasteiger partial charge is 0.347 e. The SMILES string of the molecule is CCOc1cc2c3c(c1)C(C)CC(C)(C)N3C(=O)C2=CC(=O)c1cc2cccc(OC)c2oc1=O. The predicted molar refractivity (Wildman–Crippen MR) is 134 cm³/mol. The van der Waals surface area contributed by atoms with Crippen LogP contribution in [0, 0.1) is 0 Å². The van der Waals surface area contributed by atoms with Gasteiger partial charge < -0.3 is 18.8 Å². The molecule has 1 aromatic heterocycles. The van der Waals surface area contributed by atoms with Crippen molar-refractivity contribution in [2.75, 3.05) is 18.6 Å². The maximum atomic E-state index is 13.7. The summed E-state index contributed by atoms with van der Waals surface area (Å²) < 4.78 is 16.4. The molecule has 1 amide bonds. The molecule has 0 bridgehead atoms. The molecular weight excluding hydrogens is 446 g/mol. The fourth-order valence-corrected chi connectivity index (χ4v) is 5.37. The van der Waals surface area contributed by atoms with E-state index >= 15 is 0 Å². The summed E-state index contributed by atoms with van der Waals surface area (Å²) in [5, 5.41) is 0.555. The normalized spacial score (nSPS) is 19.2. The zero-order chi connectivity index (χ0) is 25.1. The van der Waals surface area contributed by atoms with Crippen molar-refractivity contribution in [1.29, 1.82) is 0 Å². The number of hydrogen-bond acceptors (Lipinski definition) is 6. The molecule has 35 heavy (non-hydrogen) atoms. The summed E-state index contributed by atoms with van der Waals surface area (Å²) in [7, 11) is 1.48. The van der Waals surface area contributed by atoms with Gasteiger partial charge in [0.2, 0.25) is 0 Å². The highest BCUT2D eigenvalue weighted by atomic mass is 16.5. The quantitative estimate of drug-likeness (QED) is 0.291. The Balaban J connectivity index is 1.67. The minimum absolute atomic E-state index is 0.144. The molecule has 0 N–H and O–H groups in total. The standard InChI is InChI=1S/C28H27NO6/c1-6-34-17-11-18-15(2)14-28(3,4)29-24(18)19(12-17)20(26(29)31)13-22(30)21-10-16-8-7-9-23(33-5)25(16)35-27(21)32/h7-13,15H,6,14H2,1-5H3. The predicted octanol–water partition coefficient (Wildman–Crippen LogP) is 5.10. The summed E-state index contributed by atoms with van der Waals surface area (Å²) >= 11 is 0. The second kappa shape index (κ2) is 8.12. The van der Waals surface area contributed by atoms with E-state index in [9.17, 15) is 14.4 Å². The Labute approximate surface area is 202 Å². The molecule has 0 saturated heterocycles. The van der Waals surface area contributed by atoms with Crippen LogP contribution in [0.25, 0.3) is 16.5 Å². The van der Waals surface area contributed by atoms with Gasteiger partial charge in [-0.15, -0.1) is 0 Å². The largest absolute Gasteiger partial charge is 0.494 e. The van der Waals surface area contributed by atoms with Crippen LogP contribution in [0.4, 0.5) is 5.69 Å². The molecule has 180 valence electrons. The summed E-state index contributed by atoms with van der Waals surface area (Å²) in [6.07, 6.45) is 2.03. The summed E-state index contributed by atoms with van der Waals surface area (Å²) in [6.45, 7) is 8.57. The Morgan fingerprint density at radius 3 is 2.71 bits per heavy atom. The first-order chi connectivity index (χ1) is 16.7. The summed E-state index contributed by atoms with van der Waals surface area (Å²) in [6, 6.07) is 10.4. The third kappa shape index (κ3) is 3.53. The number of ether oxygens (including phenoxy) is 2. The van der Waals surface area contributed by atoms with Gasteiger partial charge in [0.05, 0.1) is 25.0 Å². The molecule has 1 unspecified atom stereocenters. The molecule has 1 atom stereocenters. The van der Waals surface area contributed by atoms with Crippen LogP contribution in [0.1, 0.15) is 61.5 Å². The minimum Gasteiger partial charge on any atom is -0.494 e. The van der Waals surface area contributed by atoms with E-state index in [0.29, 0.717) is 29.1 Å². The average molecular weight is 474 g/mol. The van der Waals surface area contributed by atoms with Crippen LogP contribution in [0.5, 0.6) is 11.5 Å². The number of anilines is 1. The van der Waals surface area contributed by atoms with Gasteiger partial charge in [0.25, 0.3) is 5.91 Å². The zero-order valence-corrected chi connectivity index (χ0v) is 20.4. The number of fused-ring (bicyclic) bond motifs is 1. The molecule has 7 nitrogen and oxygen atoms in total. The molecule has 0 aliphatic carbocycles. The van der Waals surface area contributed by atoms with Gasteiger partial charge in [-0.25, -0.2) is 4.79 Å². The molecule has 3 aromatic rings. The molecule has 2 aliphatic rings. The maximum Gasteiger partial charge on any atom is 0.347 e. The lowest BCUT2D eigenvalue weighted by atomic mass is 9.80. The fraction of sp³-hybridized carbons (Fsp3) is 0.321. The lowest BCUT2D eigenvalue weighted by Gasteiger charge is -2.43. The molecular formula is C28H27NO6. The number of allylic oxidation sites excluding steroid dienone is 1. The van der Waals surface area contributed by atoms with Crippen molar-refractivity contribution in [3.63, 3.8) is 0 Å². The highest BCUT2D eigenvalue weighted by Gasteiger charge is 2.47. The molecule has 2 aromatic carbocycles. The highest BCUT2D eigenvalue weighted by Crippen LogP contribution is 2.53. The van der Waals surface area contributed by atoms with Crippen molar-refractivity contribution >= 4 is 33.9 Å². The van der Waals surface area contributed by atoms with Gasteiger partial charge in [0.15, 0.2) is 17.1 Å². The van der Waals surface area contributed by atoms with Crippen LogP contribution in [0.3, 0.4) is 0 Å². The molecule has 0 radical (unpaired) electrons. The van der Waals surface area contributed by atoms with Crippen LogP contribution in [0.2, 0.25) is 0 Å². The number of benzene rings is 2. The van der Waals surface area contributed by atoms with Gasteiger partial charge in [-0.05, 0) is 69.0 Å². The molecule has 0 saturated carbocycles. The molecule has 0 spiro atoms. The maximum absolute atomic E-state index is 13.7. The number of nitrogens with zero attached hydrogens (tertiary/aromatic N) is 1. The van der Waals surface area contributed by atoms with Gasteiger partial charge >= 0.3 is 5.63 Å². The van der Waals surface area contributed by atoms with Crippen molar-refractivity contribution in [3.8, 4) is 11.5 Å². The van der Waals surface area contributed by atoms with Gasteiger partial charge in [-0.3, -0.25) is 9.59 Å². The van der Waals surface area contributed by atoms with E-state index in [4.69, 9.17) is 13.9 Å². The Hall–Kier alpha value is -3.87. The van der Waals surface area contributed by atoms with Crippen molar-refractivity contribution in [2.45, 2.75) is 45.6 Å². The van der Waals surface area contributed by atoms with Crippen LogP contribution in [-0.2, 0) is 4.79 Å². The first-order valence-corrected chi connectivity index (χ1v) is 11.7. The number of hydrogen-bond donors (Lipinski definition) is 0. The molecule has 5 rings (SSSR count). The molecule has 2 aliphatic heterocycles. The Morgan fingerprint density at radius 2 is 2.00 bits per heavy atom. The van der Waals surface area contributed by atoms with E-state index in [-0.39, 0.29) is 28.5 Å². The van der Waals surface area contributed by atoms with Gasteiger partial charge in [-0.2, -0.15) is 0 Å². The van der Waals surface area contributed by atoms with Crippen LogP contribution < -0.4 is 20.0 Å². The third-order valence-corrected chi connectivity index (χ3v) is 6.80. The molecule has 7 heteroatoms. The van der Waals surface area contributed by atoms with Gasteiger partial charge in [0.1, 0.15) is 11.3 Å². The number of amides is 1. The lowest BCUT2D eigenvalue weighted by molar-refractivity contribution is -0.114. The first kappa shape index (κ1) is 22.9. The highest BCUT2D eigenvalue weighted by molar-refractivity contribution is 6.36. The molecule has 0 fully saturated rings. The van der Waals surface area contributed by atoms with E-state index in [1.165, 1.54) is 19.3 Å². The molecule has 3 heterocycles. The van der Waals surface area contributed by atoms with E-state index in [0.717, 1.165) is 17.7 Å². The lowest BCUT2D eigenvalue weighted by Crippen LogP contribution is -2.49. The number of carbonyl (C=O) groups is 2. The summed E-state index contributed by atoms with van der Waals surface area (Å²) in [4.78, 5) is 41.5. The topological polar surface area (TPSA) is 86.1 Å². The van der Waals surface area contributed by atoms with Gasteiger partial charge in [-0.1, -0.05) is 19.1 Å². The Kier molecular flexibility index (Phi) is 5.31. The van der Waals surface area contributed by atoms with Crippen molar-refractivity contribution in [2.24, 2.45) is 0 Å². The van der Waals surface area contributed by atoms with Crippen molar-refractivity contribution < 1.29 is 23.5 Å². The average Bonchev–Trinajstić information content (AvgIpc) is 3.09. The Bertz CT molecular complexity index is 1480. The van der Waals surface area contributed by atoms with Crippen LogP contribution in [0.15, 0.2) is 51.7 Å². The van der Waals surface area contributed by atoms with E-state index in [1.807, 2.05) is 26.8 Å². The number of ketones is 1. The number of methoxy groups -OCH3 is 1. The van der Waals surface area contributed by atoms with Crippen LogP contribution >= 0.6 is 0 Å².